The van der Waals surface area contributed by atoms with Gasteiger partial charge in [-0.2, -0.15) is 0 Å². The summed E-state index contributed by atoms with van der Waals surface area (Å²) in [7, 11) is -1.14. The zero-order valence-corrected chi connectivity index (χ0v) is 12.0. The van der Waals surface area contributed by atoms with Crippen LogP contribution in [0.1, 0.15) is 20.3 Å². The molecule has 0 aromatic carbocycles. The van der Waals surface area contributed by atoms with Crippen LogP contribution in [-0.2, 0) is 19.4 Å². The number of sulfone groups is 1. The van der Waals surface area contributed by atoms with E-state index in [1.165, 1.54) is 0 Å². The Morgan fingerprint density at radius 3 is 2.61 bits per heavy atom. The van der Waals surface area contributed by atoms with Gasteiger partial charge in [0.15, 0.2) is 9.84 Å². The summed E-state index contributed by atoms with van der Waals surface area (Å²) in [4.78, 5) is 13.5. The van der Waals surface area contributed by atoms with Crippen LogP contribution in [0.2, 0.25) is 0 Å². The minimum atomic E-state index is -2.93. The summed E-state index contributed by atoms with van der Waals surface area (Å²) in [5, 5.41) is 0. The molecule has 0 spiro atoms. The van der Waals surface area contributed by atoms with Crippen molar-refractivity contribution >= 4 is 15.8 Å². The first-order valence-corrected chi connectivity index (χ1v) is 7.87. The fourth-order valence-electron chi connectivity index (χ4n) is 2.13. The van der Waals surface area contributed by atoms with Crippen LogP contribution in [0.3, 0.4) is 0 Å². The van der Waals surface area contributed by atoms with Gasteiger partial charge in [0, 0.05) is 12.6 Å². The number of carbonyl (C=O) groups is 1. The van der Waals surface area contributed by atoms with Gasteiger partial charge in [-0.15, -0.1) is 0 Å². The van der Waals surface area contributed by atoms with Crippen LogP contribution in [-0.4, -0.2) is 62.6 Å². The topological polar surface area (TPSA) is 89.7 Å². The Bertz CT molecular complexity index is 405. The fraction of sp³-hybridized carbons (Fsp3) is 0.909. The number of esters is 1. The maximum absolute atomic E-state index is 11.7. The number of ether oxygens (including phenoxy) is 1. The molecule has 18 heavy (non-hydrogen) atoms. The molecule has 7 heteroatoms. The van der Waals surface area contributed by atoms with Gasteiger partial charge < -0.3 is 10.5 Å². The summed E-state index contributed by atoms with van der Waals surface area (Å²) < 4.78 is 27.7. The number of nitrogens with two attached hydrogens (primary N) is 1. The van der Waals surface area contributed by atoms with Gasteiger partial charge in [0.2, 0.25) is 0 Å². The molecule has 106 valence electrons. The van der Waals surface area contributed by atoms with Gasteiger partial charge in [0.25, 0.3) is 0 Å². The zero-order chi connectivity index (χ0) is 14.0. The molecule has 2 atom stereocenters. The van der Waals surface area contributed by atoms with Gasteiger partial charge in [0.1, 0.15) is 5.54 Å². The predicted molar refractivity (Wildman–Crippen MR) is 68.9 cm³/mol. The summed E-state index contributed by atoms with van der Waals surface area (Å²) in [6.07, 6.45) is 0.595. The minimum Gasteiger partial charge on any atom is -0.465 e. The third-order valence-corrected chi connectivity index (χ3v) is 4.90. The van der Waals surface area contributed by atoms with E-state index in [0.29, 0.717) is 6.42 Å². The van der Waals surface area contributed by atoms with Gasteiger partial charge >= 0.3 is 5.97 Å². The van der Waals surface area contributed by atoms with E-state index in [1.54, 1.807) is 20.9 Å². The van der Waals surface area contributed by atoms with Crippen molar-refractivity contribution in [2.24, 2.45) is 5.73 Å². The van der Waals surface area contributed by atoms with E-state index in [9.17, 15) is 13.2 Å². The smallest absolute Gasteiger partial charge is 0.327 e. The van der Waals surface area contributed by atoms with Gasteiger partial charge in [-0.3, -0.25) is 9.69 Å². The van der Waals surface area contributed by atoms with E-state index in [2.05, 4.69) is 0 Å². The number of nitrogens with zero attached hydrogens (tertiary/aromatic N) is 1. The Labute approximate surface area is 108 Å². The lowest BCUT2D eigenvalue weighted by Gasteiger charge is -2.31. The largest absolute Gasteiger partial charge is 0.465 e. The quantitative estimate of drug-likeness (QED) is 0.675. The fourth-order valence-corrected chi connectivity index (χ4v) is 3.94. The van der Waals surface area contributed by atoms with Crippen molar-refractivity contribution in [3.63, 3.8) is 0 Å². The van der Waals surface area contributed by atoms with Crippen molar-refractivity contribution in [3.05, 3.63) is 0 Å². The van der Waals surface area contributed by atoms with Crippen LogP contribution >= 0.6 is 0 Å². The van der Waals surface area contributed by atoms with E-state index < -0.39 is 21.3 Å². The number of likely N-dealkylation sites (N-methyl/N-ethyl adjacent to an activating group) is 1. The number of hydrogen-bond donors (Lipinski definition) is 1. The van der Waals surface area contributed by atoms with Crippen molar-refractivity contribution in [3.8, 4) is 0 Å². The Hall–Kier alpha value is -0.660. The molecule has 1 heterocycles. The van der Waals surface area contributed by atoms with E-state index in [4.69, 9.17) is 10.5 Å². The second-order valence-corrected chi connectivity index (χ2v) is 7.34. The molecule has 0 aliphatic carbocycles. The molecule has 1 aliphatic rings. The first kappa shape index (κ1) is 15.4. The molecule has 0 amide bonds. The van der Waals surface area contributed by atoms with Crippen LogP contribution in [0.5, 0.6) is 0 Å². The van der Waals surface area contributed by atoms with Crippen molar-refractivity contribution in [1.82, 2.24) is 4.90 Å². The summed E-state index contributed by atoms with van der Waals surface area (Å²) in [6, 6.07) is -0.0627. The van der Waals surface area contributed by atoms with Crippen molar-refractivity contribution < 1.29 is 17.9 Å². The number of hydrogen-bond acceptors (Lipinski definition) is 6. The van der Waals surface area contributed by atoms with Crippen molar-refractivity contribution in [1.29, 1.82) is 0 Å². The summed E-state index contributed by atoms with van der Waals surface area (Å²) in [6.45, 7) is 3.89. The van der Waals surface area contributed by atoms with Gasteiger partial charge in [-0.05, 0) is 27.3 Å². The normalized spacial score (nSPS) is 25.9. The molecule has 0 aromatic rings. The monoisotopic (exact) mass is 278 g/mol. The van der Waals surface area contributed by atoms with Crippen LogP contribution < -0.4 is 5.73 Å². The molecule has 0 aromatic heterocycles. The van der Waals surface area contributed by atoms with Gasteiger partial charge in [0.05, 0.1) is 18.1 Å². The SMILES string of the molecule is CCOC(=O)C(C)(N)CN(C)C1CCS(=O)(=O)C1. The molecule has 1 rings (SSSR count). The molecule has 0 saturated carbocycles. The maximum Gasteiger partial charge on any atom is 0.327 e. The van der Waals surface area contributed by atoms with E-state index in [0.717, 1.165) is 0 Å². The third kappa shape index (κ3) is 3.93. The lowest BCUT2D eigenvalue weighted by molar-refractivity contribution is -0.149. The molecule has 2 N–H and O–H groups in total. The molecule has 1 saturated heterocycles. The first-order valence-electron chi connectivity index (χ1n) is 6.05. The summed E-state index contributed by atoms with van der Waals surface area (Å²) in [5.74, 6) is -0.108. The first-order chi connectivity index (χ1) is 8.18. The average molecular weight is 278 g/mol. The zero-order valence-electron chi connectivity index (χ0n) is 11.2. The van der Waals surface area contributed by atoms with Crippen LogP contribution in [0, 0.1) is 0 Å². The van der Waals surface area contributed by atoms with Gasteiger partial charge in [-0.1, -0.05) is 0 Å². The standard InChI is InChI=1S/C11H22N2O4S/c1-4-17-10(14)11(2,12)8-13(3)9-5-6-18(15,16)7-9/h9H,4-8,12H2,1-3H3. The highest BCUT2D eigenvalue weighted by atomic mass is 32.2. The van der Waals surface area contributed by atoms with Crippen LogP contribution in [0.15, 0.2) is 0 Å². The van der Waals surface area contributed by atoms with E-state index >= 15 is 0 Å². The van der Waals surface area contributed by atoms with Gasteiger partial charge in [-0.25, -0.2) is 8.42 Å². The predicted octanol–water partition coefficient (Wildman–Crippen LogP) is -0.614. The highest BCUT2D eigenvalue weighted by Gasteiger charge is 2.36. The molecular formula is C11H22N2O4S. The molecule has 0 bridgehead atoms. The highest BCUT2D eigenvalue weighted by molar-refractivity contribution is 7.91. The number of rotatable bonds is 5. The second-order valence-electron chi connectivity index (χ2n) is 5.11. The molecule has 0 radical (unpaired) electrons. The molecule has 6 nitrogen and oxygen atoms in total. The minimum absolute atomic E-state index is 0.0627. The Balaban J connectivity index is 2.59. The van der Waals surface area contributed by atoms with E-state index in [1.807, 2.05) is 4.90 Å². The van der Waals surface area contributed by atoms with Crippen molar-refractivity contribution in [2.45, 2.75) is 31.8 Å². The highest BCUT2D eigenvalue weighted by Crippen LogP contribution is 2.18. The maximum atomic E-state index is 11.7. The van der Waals surface area contributed by atoms with Crippen LogP contribution in [0.25, 0.3) is 0 Å². The Kier molecular flexibility index (Phi) is 4.74. The molecular weight excluding hydrogens is 256 g/mol. The summed E-state index contributed by atoms with van der Waals surface area (Å²) >= 11 is 0. The van der Waals surface area contributed by atoms with E-state index in [-0.39, 0.29) is 30.7 Å². The second kappa shape index (κ2) is 5.54. The van der Waals surface area contributed by atoms with Crippen LogP contribution in [0.4, 0.5) is 0 Å². The number of carbonyl (C=O) groups excluding carboxylic acids is 1. The summed E-state index contributed by atoms with van der Waals surface area (Å²) in [5.41, 5.74) is 4.80. The molecule has 1 fully saturated rings. The lowest BCUT2D eigenvalue weighted by Crippen LogP contribution is -2.55. The molecule has 2 unspecified atom stereocenters. The van der Waals surface area contributed by atoms with Crippen molar-refractivity contribution in [2.75, 3.05) is 31.7 Å². The Morgan fingerprint density at radius 2 is 2.17 bits per heavy atom. The Morgan fingerprint density at radius 1 is 1.56 bits per heavy atom. The lowest BCUT2D eigenvalue weighted by atomic mass is 10.0. The third-order valence-electron chi connectivity index (χ3n) is 3.15. The average Bonchev–Trinajstić information content (AvgIpc) is 2.58. The molecule has 1 aliphatic heterocycles.